The lowest BCUT2D eigenvalue weighted by molar-refractivity contribution is -0.163. The minimum absolute atomic E-state index is 0.00515. The van der Waals surface area contributed by atoms with Crippen molar-refractivity contribution in [1.29, 1.82) is 0 Å². The van der Waals surface area contributed by atoms with Gasteiger partial charge in [-0.1, -0.05) is 70.4 Å². The number of hydrogen-bond acceptors (Lipinski definition) is 13. The van der Waals surface area contributed by atoms with Crippen molar-refractivity contribution in [3.63, 3.8) is 0 Å². The molecule has 0 unspecified atom stereocenters. The third kappa shape index (κ3) is 11.3. The van der Waals surface area contributed by atoms with Crippen molar-refractivity contribution in [2.75, 3.05) is 19.5 Å². The summed E-state index contributed by atoms with van der Waals surface area (Å²) in [5.41, 5.74) is 1.05. The monoisotopic (exact) mass is 708 g/mol. The van der Waals surface area contributed by atoms with Gasteiger partial charge in [0.15, 0.2) is 11.5 Å². The van der Waals surface area contributed by atoms with Crippen molar-refractivity contribution >= 4 is 46.7 Å². The van der Waals surface area contributed by atoms with Crippen LogP contribution in [0.25, 0.3) is 0 Å². The van der Waals surface area contributed by atoms with Gasteiger partial charge < -0.3 is 24.3 Å². The first-order chi connectivity index (χ1) is 24.3. The molecule has 1 aromatic heterocycles. The molecule has 1 saturated carbocycles. The Labute approximate surface area is 298 Å². The number of aryl methyl sites for hydroxylation is 1. The Morgan fingerprint density at radius 3 is 2.10 bits per heavy atom. The molecular weight excluding hydrogens is 660 g/mol. The van der Waals surface area contributed by atoms with Crippen LogP contribution in [0.1, 0.15) is 83.4 Å². The second kappa shape index (κ2) is 19.5. The van der Waals surface area contributed by atoms with Gasteiger partial charge in [-0.2, -0.15) is 0 Å². The number of carbonyl (C=O) groups is 7. The van der Waals surface area contributed by atoms with Crippen LogP contribution in [0.5, 0.6) is 11.5 Å². The quantitative estimate of drug-likeness (QED) is 0.144. The molecule has 1 fully saturated rings. The van der Waals surface area contributed by atoms with Crippen LogP contribution in [0.2, 0.25) is 0 Å². The van der Waals surface area contributed by atoms with E-state index in [0.717, 1.165) is 19.3 Å². The van der Waals surface area contributed by atoms with Crippen LogP contribution in [0.4, 0.5) is 5.69 Å². The van der Waals surface area contributed by atoms with Crippen LogP contribution in [-0.4, -0.2) is 72.4 Å². The van der Waals surface area contributed by atoms with Gasteiger partial charge >= 0.3 is 17.9 Å². The van der Waals surface area contributed by atoms with E-state index in [0.29, 0.717) is 30.5 Å². The Bertz CT molecular complexity index is 1590. The van der Waals surface area contributed by atoms with Crippen molar-refractivity contribution in [1.82, 2.24) is 4.98 Å². The molecule has 3 rings (SSSR count). The molecule has 0 aliphatic heterocycles. The molecule has 0 saturated heterocycles. The summed E-state index contributed by atoms with van der Waals surface area (Å²) in [6.07, 6.45) is 3.39. The van der Waals surface area contributed by atoms with Gasteiger partial charge in [0, 0.05) is 19.3 Å². The number of anilines is 1. The zero-order chi connectivity index (χ0) is 37.7. The fourth-order valence-corrected chi connectivity index (χ4v) is 5.79. The number of rotatable bonds is 16. The average Bonchev–Trinajstić information content (AvgIpc) is 3.13. The summed E-state index contributed by atoms with van der Waals surface area (Å²) < 4.78 is 21.5. The maximum Gasteiger partial charge on any atom is 0.311 e. The van der Waals surface area contributed by atoms with Gasteiger partial charge in [-0.25, -0.2) is 0 Å². The number of methoxy groups -OCH3 is 2. The summed E-state index contributed by atoms with van der Waals surface area (Å²) in [5.74, 6) is -8.25. The highest BCUT2D eigenvalue weighted by atomic mass is 16.6. The normalized spacial score (nSPS) is 19.5. The highest BCUT2D eigenvalue weighted by molar-refractivity contribution is 6.44. The number of ketones is 4. The fraction of sp³-hybridized carbons (Fsp3) is 0.526. The van der Waals surface area contributed by atoms with E-state index in [2.05, 4.69) is 15.0 Å². The number of benzene rings is 1. The van der Waals surface area contributed by atoms with Gasteiger partial charge in [0.05, 0.1) is 49.6 Å². The predicted octanol–water partition coefficient (Wildman–Crippen LogP) is 4.73. The standard InChI is InChI=1S/C38H48N2O11/c1-22(2)38(47)51-35-23(3)32(44)34(46)27(20-29(41)33(45)26(35)19-25-15-11-10-12-16-25)40-28-21-39-24(4)36(37(28)49-6)50-31(43)18-14-9-7-8-13-17-30(42)48-5/h10-12,15-16,21-23,26-27,35,40H,7-9,13-14,17-20H2,1-6H3/t23-,26+,27+,35-/m1/s1. The van der Waals surface area contributed by atoms with Crippen molar-refractivity contribution in [3.05, 3.63) is 47.8 Å². The van der Waals surface area contributed by atoms with E-state index >= 15 is 0 Å². The zero-order valence-electron chi connectivity index (χ0n) is 30.2. The highest BCUT2D eigenvalue weighted by Crippen LogP contribution is 2.38. The van der Waals surface area contributed by atoms with E-state index in [9.17, 15) is 33.6 Å². The van der Waals surface area contributed by atoms with Crippen LogP contribution in [0.15, 0.2) is 36.5 Å². The molecular formula is C38H48N2O11. The molecule has 51 heavy (non-hydrogen) atoms. The fourth-order valence-electron chi connectivity index (χ4n) is 5.79. The molecule has 0 spiro atoms. The van der Waals surface area contributed by atoms with Crippen LogP contribution in [-0.2, 0) is 49.5 Å². The van der Waals surface area contributed by atoms with Gasteiger partial charge in [-0.3, -0.25) is 38.5 Å². The molecule has 1 aliphatic rings. The Morgan fingerprint density at radius 1 is 0.863 bits per heavy atom. The topological polar surface area (TPSA) is 181 Å². The van der Waals surface area contributed by atoms with Crippen LogP contribution >= 0.6 is 0 Å². The van der Waals surface area contributed by atoms with Crippen molar-refractivity contribution in [2.45, 2.75) is 97.6 Å². The highest BCUT2D eigenvalue weighted by Gasteiger charge is 2.46. The number of nitrogens with zero attached hydrogens (tertiary/aromatic N) is 1. The third-order valence-electron chi connectivity index (χ3n) is 8.79. The van der Waals surface area contributed by atoms with Gasteiger partial charge in [-0.05, 0) is 31.7 Å². The van der Waals surface area contributed by atoms with Crippen molar-refractivity contribution in [3.8, 4) is 11.5 Å². The van der Waals surface area contributed by atoms with Crippen LogP contribution in [0.3, 0.4) is 0 Å². The lowest BCUT2D eigenvalue weighted by Crippen LogP contribution is -2.45. The zero-order valence-corrected chi connectivity index (χ0v) is 30.2. The summed E-state index contributed by atoms with van der Waals surface area (Å²) in [6, 6.07) is 7.31. The van der Waals surface area contributed by atoms with E-state index in [4.69, 9.17) is 14.2 Å². The van der Waals surface area contributed by atoms with Crippen molar-refractivity contribution < 1.29 is 52.5 Å². The molecule has 0 radical (unpaired) electrons. The van der Waals surface area contributed by atoms with E-state index in [1.807, 2.05) is 0 Å². The first-order valence-corrected chi connectivity index (χ1v) is 17.3. The first kappa shape index (κ1) is 40.5. The Kier molecular flexibility index (Phi) is 15.4. The molecule has 13 heteroatoms. The molecule has 1 aliphatic carbocycles. The molecule has 4 atom stereocenters. The van der Waals surface area contributed by atoms with Gasteiger partial charge in [-0.15, -0.1) is 0 Å². The minimum atomic E-state index is -1.51. The first-order valence-electron chi connectivity index (χ1n) is 17.3. The van der Waals surface area contributed by atoms with Gasteiger partial charge in [0.1, 0.15) is 12.1 Å². The smallest absolute Gasteiger partial charge is 0.311 e. The largest absolute Gasteiger partial charge is 0.491 e. The molecule has 13 nitrogen and oxygen atoms in total. The van der Waals surface area contributed by atoms with Gasteiger partial charge in [0.25, 0.3) is 0 Å². The maximum absolute atomic E-state index is 13.8. The number of hydrogen-bond donors (Lipinski definition) is 1. The van der Waals surface area contributed by atoms with E-state index in [1.165, 1.54) is 27.3 Å². The second-order valence-corrected chi connectivity index (χ2v) is 13.0. The Balaban J connectivity index is 1.83. The summed E-state index contributed by atoms with van der Waals surface area (Å²) in [6.45, 7) is 6.20. The maximum atomic E-state index is 13.8. The number of nitrogens with one attached hydrogen (secondary N) is 1. The number of pyridine rings is 1. The summed E-state index contributed by atoms with van der Waals surface area (Å²) in [5, 5.41) is 2.85. The third-order valence-corrected chi connectivity index (χ3v) is 8.79. The number of carbonyl (C=O) groups excluding carboxylic acids is 7. The van der Waals surface area contributed by atoms with E-state index < -0.39 is 71.4 Å². The van der Waals surface area contributed by atoms with Crippen LogP contribution < -0.4 is 14.8 Å². The molecule has 1 heterocycles. The number of esters is 3. The van der Waals surface area contributed by atoms with Crippen molar-refractivity contribution in [2.24, 2.45) is 17.8 Å². The number of Topliss-reactive ketones (excluding diaryl/α,β-unsaturated/α-hetero) is 4. The van der Waals surface area contributed by atoms with Gasteiger partial charge in [0.2, 0.25) is 23.1 Å². The average molecular weight is 709 g/mol. The summed E-state index contributed by atoms with van der Waals surface area (Å²) >= 11 is 0. The molecule has 0 bridgehead atoms. The lowest BCUT2D eigenvalue weighted by atomic mass is 9.81. The summed E-state index contributed by atoms with van der Waals surface area (Å²) in [4.78, 5) is 95.9. The minimum Gasteiger partial charge on any atom is -0.491 e. The van der Waals surface area contributed by atoms with E-state index in [-0.39, 0.29) is 36.0 Å². The molecule has 2 aromatic rings. The Hall–Kier alpha value is -4.94. The molecule has 1 aromatic carbocycles. The number of aromatic nitrogens is 1. The van der Waals surface area contributed by atoms with E-state index in [1.54, 1.807) is 51.1 Å². The van der Waals surface area contributed by atoms with Crippen LogP contribution in [0, 0.1) is 24.7 Å². The summed E-state index contributed by atoms with van der Waals surface area (Å²) in [7, 11) is 2.67. The molecule has 0 amide bonds. The second-order valence-electron chi connectivity index (χ2n) is 13.0. The number of ether oxygens (including phenoxy) is 4. The SMILES string of the molecule is COC(=O)CCCCCCCC(=O)Oc1c(C)ncc(N[C@H]2CC(=O)C(=O)[C@H](Cc3ccccc3)[C@H](OC(=O)C(C)C)[C@H](C)C(=O)C2=O)c1OC. The number of unbranched alkanes of at least 4 members (excludes halogenated alkanes) is 4. The Morgan fingerprint density at radius 2 is 1.49 bits per heavy atom. The molecule has 1 N–H and O–H groups in total. The lowest BCUT2D eigenvalue weighted by Gasteiger charge is -2.29. The molecule has 276 valence electrons. The predicted molar refractivity (Wildman–Crippen MR) is 185 cm³/mol.